The predicted octanol–water partition coefficient (Wildman–Crippen LogP) is 3.38. The summed E-state index contributed by atoms with van der Waals surface area (Å²) in [5.41, 5.74) is 4.32. The second-order valence-corrected chi connectivity index (χ2v) is 5.47. The highest BCUT2D eigenvalue weighted by Gasteiger charge is 2.05. The van der Waals surface area contributed by atoms with E-state index in [1.807, 2.05) is 26.8 Å². The van der Waals surface area contributed by atoms with Crippen molar-refractivity contribution < 1.29 is 0 Å². The summed E-state index contributed by atoms with van der Waals surface area (Å²) in [7, 11) is 0. The van der Waals surface area contributed by atoms with E-state index in [2.05, 4.69) is 28.3 Å². The highest BCUT2D eigenvalue weighted by Crippen LogP contribution is 2.20. The van der Waals surface area contributed by atoms with Crippen LogP contribution >= 0.6 is 11.3 Å². The molecule has 0 saturated heterocycles. The van der Waals surface area contributed by atoms with Gasteiger partial charge < -0.3 is 5.32 Å². The molecule has 2 aromatic rings. The van der Waals surface area contributed by atoms with Crippen molar-refractivity contribution in [2.45, 2.75) is 34.2 Å². The third-order valence-electron chi connectivity index (χ3n) is 2.66. The molecule has 0 amide bonds. The van der Waals surface area contributed by atoms with Gasteiger partial charge in [-0.05, 0) is 39.8 Å². The van der Waals surface area contributed by atoms with Crippen molar-refractivity contribution >= 4 is 17.0 Å². The quantitative estimate of drug-likeness (QED) is 0.903. The van der Waals surface area contributed by atoms with Gasteiger partial charge in [0.25, 0.3) is 0 Å². The van der Waals surface area contributed by atoms with Crippen molar-refractivity contribution in [1.29, 1.82) is 0 Å². The van der Waals surface area contributed by atoms with Crippen LogP contribution in [0.4, 0.5) is 5.69 Å². The van der Waals surface area contributed by atoms with Crippen LogP contribution in [0.5, 0.6) is 0 Å². The van der Waals surface area contributed by atoms with Gasteiger partial charge in [-0.3, -0.25) is 4.98 Å². The summed E-state index contributed by atoms with van der Waals surface area (Å²) >= 11 is 1.75. The van der Waals surface area contributed by atoms with E-state index in [0.29, 0.717) is 0 Å². The second kappa shape index (κ2) is 4.84. The molecule has 0 aliphatic rings. The normalized spacial score (nSPS) is 10.6. The van der Waals surface area contributed by atoms with Crippen LogP contribution in [-0.4, -0.2) is 9.97 Å². The molecule has 0 aliphatic heterocycles. The zero-order valence-electron chi connectivity index (χ0n) is 10.7. The lowest BCUT2D eigenvalue weighted by atomic mass is 10.2. The van der Waals surface area contributed by atoms with Gasteiger partial charge in [0.05, 0.1) is 28.6 Å². The predicted molar refractivity (Wildman–Crippen MR) is 72.6 cm³/mol. The van der Waals surface area contributed by atoms with Crippen LogP contribution in [0.1, 0.15) is 27.0 Å². The second-order valence-electron chi connectivity index (χ2n) is 4.18. The van der Waals surface area contributed by atoms with Crippen molar-refractivity contribution in [2.24, 2.45) is 0 Å². The summed E-state index contributed by atoms with van der Waals surface area (Å²) < 4.78 is 0. The summed E-state index contributed by atoms with van der Waals surface area (Å²) in [5.74, 6) is 0. The Morgan fingerprint density at radius 1 is 1.06 bits per heavy atom. The molecule has 2 heterocycles. The van der Waals surface area contributed by atoms with Gasteiger partial charge in [-0.25, -0.2) is 4.98 Å². The number of thiazole rings is 1. The maximum Gasteiger partial charge on any atom is 0.0900 e. The van der Waals surface area contributed by atoms with E-state index in [-0.39, 0.29) is 0 Å². The van der Waals surface area contributed by atoms with Crippen LogP contribution in [0.25, 0.3) is 0 Å². The van der Waals surface area contributed by atoms with Crippen molar-refractivity contribution in [3.63, 3.8) is 0 Å². The van der Waals surface area contributed by atoms with Crippen LogP contribution in [0, 0.1) is 27.7 Å². The monoisotopic (exact) mass is 247 g/mol. The molecule has 0 fully saturated rings. The Morgan fingerprint density at radius 2 is 1.82 bits per heavy atom. The number of hydrogen-bond acceptors (Lipinski definition) is 4. The van der Waals surface area contributed by atoms with Gasteiger partial charge in [-0.1, -0.05) is 0 Å². The zero-order valence-corrected chi connectivity index (χ0v) is 11.5. The molecular formula is C13H17N3S. The lowest BCUT2D eigenvalue weighted by Gasteiger charge is -2.08. The first-order chi connectivity index (χ1) is 8.06. The molecule has 0 saturated carbocycles. The van der Waals surface area contributed by atoms with Gasteiger partial charge in [0.1, 0.15) is 0 Å². The van der Waals surface area contributed by atoms with E-state index in [1.54, 1.807) is 11.3 Å². The molecule has 0 aliphatic carbocycles. The van der Waals surface area contributed by atoms with E-state index in [4.69, 9.17) is 0 Å². The maximum absolute atomic E-state index is 4.44. The SMILES string of the molecule is Cc1ccc(NCc2sc(C)nc2C)c(C)n1. The first-order valence-corrected chi connectivity index (χ1v) is 6.49. The van der Waals surface area contributed by atoms with Crippen molar-refractivity contribution in [3.05, 3.63) is 39.1 Å². The highest BCUT2D eigenvalue weighted by atomic mass is 32.1. The molecule has 2 rings (SSSR count). The largest absolute Gasteiger partial charge is 0.379 e. The Bertz CT molecular complexity index is 531. The molecule has 0 aromatic carbocycles. The minimum Gasteiger partial charge on any atom is -0.379 e. The Kier molecular flexibility index (Phi) is 3.43. The van der Waals surface area contributed by atoms with E-state index in [1.165, 1.54) is 4.88 Å². The van der Waals surface area contributed by atoms with Gasteiger partial charge in [0, 0.05) is 10.6 Å². The summed E-state index contributed by atoms with van der Waals surface area (Å²) in [4.78, 5) is 10.2. The molecule has 17 heavy (non-hydrogen) atoms. The molecule has 3 nitrogen and oxygen atoms in total. The number of nitrogens with one attached hydrogen (secondary N) is 1. The molecule has 1 N–H and O–H groups in total. The first-order valence-electron chi connectivity index (χ1n) is 5.67. The lowest BCUT2D eigenvalue weighted by Crippen LogP contribution is -2.02. The summed E-state index contributed by atoms with van der Waals surface area (Å²) in [5, 5.41) is 4.54. The van der Waals surface area contributed by atoms with Gasteiger partial charge in [0.15, 0.2) is 0 Å². The van der Waals surface area contributed by atoms with Crippen molar-refractivity contribution in [2.75, 3.05) is 5.32 Å². The Morgan fingerprint density at radius 3 is 2.41 bits per heavy atom. The summed E-state index contributed by atoms with van der Waals surface area (Å²) in [6.07, 6.45) is 0. The number of nitrogens with zero attached hydrogens (tertiary/aromatic N) is 2. The fraction of sp³-hybridized carbons (Fsp3) is 0.385. The van der Waals surface area contributed by atoms with E-state index >= 15 is 0 Å². The van der Waals surface area contributed by atoms with Gasteiger partial charge >= 0.3 is 0 Å². The lowest BCUT2D eigenvalue weighted by molar-refractivity contribution is 1.07. The number of aryl methyl sites for hydroxylation is 4. The van der Waals surface area contributed by atoms with Gasteiger partial charge in [0.2, 0.25) is 0 Å². The van der Waals surface area contributed by atoms with Crippen molar-refractivity contribution in [1.82, 2.24) is 9.97 Å². The molecule has 2 aromatic heterocycles. The summed E-state index contributed by atoms with van der Waals surface area (Å²) in [6, 6.07) is 4.11. The Balaban J connectivity index is 2.10. The molecule has 4 heteroatoms. The average Bonchev–Trinajstić information content (AvgIpc) is 2.56. The van der Waals surface area contributed by atoms with Crippen LogP contribution in [0.15, 0.2) is 12.1 Å². The molecule has 0 unspecified atom stereocenters. The van der Waals surface area contributed by atoms with Crippen LogP contribution in [0.3, 0.4) is 0 Å². The molecule has 0 bridgehead atoms. The van der Waals surface area contributed by atoms with Gasteiger partial charge in [-0.2, -0.15) is 0 Å². The molecule has 0 spiro atoms. The smallest absolute Gasteiger partial charge is 0.0900 e. The van der Waals surface area contributed by atoms with Crippen molar-refractivity contribution in [3.8, 4) is 0 Å². The Hall–Kier alpha value is -1.42. The Labute approximate surface area is 106 Å². The zero-order chi connectivity index (χ0) is 12.4. The third-order valence-corrected chi connectivity index (χ3v) is 3.74. The molecule has 0 radical (unpaired) electrons. The minimum atomic E-state index is 0.822. The maximum atomic E-state index is 4.44. The number of aromatic nitrogens is 2. The fourth-order valence-electron chi connectivity index (χ4n) is 1.79. The number of anilines is 1. The first kappa shape index (κ1) is 12.0. The number of pyridine rings is 1. The topological polar surface area (TPSA) is 37.8 Å². The number of rotatable bonds is 3. The fourth-order valence-corrected chi connectivity index (χ4v) is 2.66. The van der Waals surface area contributed by atoms with E-state index < -0.39 is 0 Å². The average molecular weight is 247 g/mol. The number of hydrogen-bond donors (Lipinski definition) is 1. The van der Waals surface area contributed by atoms with Gasteiger partial charge in [-0.15, -0.1) is 11.3 Å². The van der Waals surface area contributed by atoms with E-state index in [9.17, 15) is 0 Å². The van der Waals surface area contributed by atoms with Crippen LogP contribution < -0.4 is 5.32 Å². The minimum absolute atomic E-state index is 0.822. The highest BCUT2D eigenvalue weighted by molar-refractivity contribution is 7.11. The van der Waals surface area contributed by atoms with Crippen LogP contribution in [-0.2, 0) is 6.54 Å². The molecule has 0 atom stereocenters. The van der Waals surface area contributed by atoms with E-state index in [0.717, 1.165) is 34.3 Å². The third kappa shape index (κ3) is 2.82. The van der Waals surface area contributed by atoms with Crippen LogP contribution in [0.2, 0.25) is 0 Å². The molecular weight excluding hydrogens is 230 g/mol. The standard InChI is InChI=1S/C13H17N3S/c1-8-5-6-12(9(2)15-8)14-7-13-10(3)16-11(4)17-13/h5-6,14H,7H2,1-4H3. The molecule has 90 valence electrons. The summed E-state index contributed by atoms with van der Waals surface area (Å²) in [6.45, 7) is 8.96.